The molecule has 4 aromatic rings. The van der Waals surface area contributed by atoms with E-state index in [0.29, 0.717) is 0 Å². The number of allylic oxidation sites excluding steroid dienone is 2. The minimum Gasteiger partial charge on any atom is -0.368 e. The quantitative estimate of drug-likeness (QED) is 0.451. The van der Waals surface area contributed by atoms with E-state index in [1.54, 1.807) is 0 Å². The topological polar surface area (TPSA) is 76.7 Å². The molecule has 0 amide bonds. The normalized spacial score (nSPS) is 15.4. The third-order valence-electron chi connectivity index (χ3n) is 6.24. The van der Waals surface area contributed by atoms with Gasteiger partial charge in [0.05, 0.1) is 16.9 Å². The van der Waals surface area contributed by atoms with E-state index in [9.17, 15) is 0 Å². The number of fused-ring (bicyclic) bond motifs is 1. The van der Waals surface area contributed by atoms with Gasteiger partial charge in [0.2, 0.25) is 0 Å². The van der Waals surface area contributed by atoms with Crippen molar-refractivity contribution in [3.8, 4) is 22.6 Å². The van der Waals surface area contributed by atoms with E-state index in [4.69, 9.17) is 4.98 Å². The molecule has 0 aromatic carbocycles. The van der Waals surface area contributed by atoms with Crippen molar-refractivity contribution < 1.29 is 0 Å². The van der Waals surface area contributed by atoms with Gasteiger partial charge in [0.15, 0.2) is 0 Å². The van der Waals surface area contributed by atoms with Crippen LogP contribution in [-0.2, 0) is 0 Å². The first-order valence-electron chi connectivity index (χ1n) is 11.3. The molecule has 0 spiro atoms. The summed E-state index contributed by atoms with van der Waals surface area (Å²) < 4.78 is 0. The smallest absolute Gasteiger partial charge is 0.135 e. The Morgan fingerprint density at radius 3 is 2.67 bits per heavy atom. The van der Waals surface area contributed by atoms with Gasteiger partial charge < -0.3 is 14.8 Å². The van der Waals surface area contributed by atoms with Crippen molar-refractivity contribution >= 4 is 16.7 Å². The van der Waals surface area contributed by atoms with E-state index in [1.807, 2.05) is 37.5 Å². The Bertz CT molecular complexity index is 1340. The Hall–Kier alpha value is -3.71. The van der Waals surface area contributed by atoms with Crippen LogP contribution in [-0.4, -0.2) is 68.2 Å². The lowest BCUT2D eigenvalue weighted by molar-refractivity contribution is 0.207. The molecule has 0 saturated carbocycles. The molecule has 5 heterocycles. The van der Waals surface area contributed by atoms with Gasteiger partial charge in [-0.25, -0.2) is 4.98 Å². The van der Waals surface area contributed by atoms with Crippen LogP contribution in [0, 0.1) is 13.8 Å². The van der Waals surface area contributed by atoms with Crippen molar-refractivity contribution in [1.29, 1.82) is 0 Å². The van der Waals surface area contributed by atoms with E-state index in [2.05, 4.69) is 68.7 Å². The van der Waals surface area contributed by atoms with Crippen LogP contribution in [0.4, 0.5) is 0 Å². The van der Waals surface area contributed by atoms with Gasteiger partial charge in [-0.1, -0.05) is 12.7 Å². The van der Waals surface area contributed by atoms with Crippen molar-refractivity contribution in [2.75, 3.05) is 33.2 Å². The summed E-state index contributed by atoms with van der Waals surface area (Å²) in [7, 11) is 2.17. The standard InChI is InChI=1S/C26H29N7/c1-5-6-24(33-11-9-32(4)10-12-33)20-14-23(28-18(20)3)26-25-22(30-31-26)8-7-21(29-25)19-13-17(2)15-27-16-19/h5-8,13-16,28H,1,9-12H2,2-4H3,(H,30,31)/b24-6+. The molecule has 7 nitrogen and oxygen atoms in total. The highest BCUT2D eigenvalue weighted by atomic mass is 15.3. The summed E-state index contributed by atoms with van der Waals surface area (Å²) >= 11 is 0. The molecule has 0 unspecified atom stereocenters. The summed E-state index contributed by atoms with van der Waals surface area (Å²) in [6.45, 7) is 12.2. The van der Waals surface area contributed by atoms with Gasteiger partial charge in [-0.15, -0.1) is 0 Å². The number of likely N-dealkylation sites (N-methyl/N-ethyl adjacent to an activating group) is 1. The van der Waals surface area contributed by atoms with Crippen molar-refractivity contribution in [2.24, 2.45) is 0 Å². The number of H-pyrrole nitrogens is 2. The Morgan fingerprint density at radius 1 is 1.09 bits per heavy atom. The maximum atomic E-state index is 4.94. The fourth-order valence-corrected chi connectivity index (χ4v) is 4.42. The van der Waals surface area contributed by atoms with E-state index in [-0.39, 0.29) is 0 Å². The first-order chi connectivity index (χ1) is 16.0. The number of pyridine rings is 2. The number of nitrogens with zero attached hydrogens (tertiary/aromatic N) is 5. The predicted octanol–water partition coefficient (Wildman–Crippen LogP) is 4.41. The fraction of sp³-hybridized carbons (Fsp3) is 0.269. The van der Waals surface area contributed by atoms with Gasteiger partial charge in [0.1, 0.15) is 11.2 Å². The SMILES string of the molecule is C=C/C=C(\c1cc(-c2n[nH]c3ccc(-c4cncc(C)c4)nc23)[nH]c1C)N1CCN(C)CC1. The third-order valence-corrected chi connectivity index (χ3v) is 6.24. The first-order valence-corrected chi connectivity index (χ1v) is 11.3. The molecular formula is C26H29N7. The van der Waals surface area contributed by atoms with Crippen LogP contribution < -0.4 is 0 Å². The molecule has 5 rings (SSSR count). The van der Waals surface area contributed by atoms with Crippen molar-refractivity contribution in [3.63, 3.8) is 0 Å². The monoisotopic (exact) mass is 439 g/mol. The Kier molecular flexibility index (Phi) is 5.56. The second kappa shape index (κ2) is 8.67. The number of piperazine rings is 1. The average Bonchev–Trinajstić information content (AvgIpc) is 3.41. The lowest BCUT2D eigenvalue weighted by Crippen LogP contribution is -2.43. The minimum atomic E-state index is 0.818. The number of nitrogens with one attached hydrogen (secondary N) is 2. The van der Waals surface area contributed by atoms with Gasteiger partial charge >= 0.3 is 0 Å². The Labute approximate surface area is 193 Å². The highest BCUT2D eigenvalue weighted by Gasteiger charge is 2.21. The number of aromatic amines is 2. The fourth-order valence-electron chi connectivity index (χ4n) is 4.42. The summed E-state index contributed by atoms with van der Waals surface area (Å²) in [6, 6.07) is 8.31. The van der Waals surface area contributed by atoms with Crippen LogP contribution in [0.25, 0.3) is 39.4 Å². The van der Waals surface area contributed by atoms with Gasteiger partial charge in [-0.3, -0.25) is 10.1 Å². The highest BCUT2D eigenvalue weighted by Crippen LogP contribution is 2.32. The molecule has 1 aliphatic rings. The van der Waals surface area contributed by atoms with Crippen LogP contribution in [0.2, 0.25) is 0 Å². The molecule has 1 fully saturated rings. The summed E-state index contributed by atoms with van der Waals surface area (Å²) in [5.74, 6) is 0. The largest absolute Gasteiger partial charge is 0.368 e. The number of aryl methyl sites for hydroxylation is 2. The zero-order valence-electron chi connectivity index (χ0n) is 19.4. The number of aromatic nitrogens is 5. The second-order valence-corrected chi connectivity index (χ2v) is 8.72. The Morgan fingerprint density at radius 2 is 1.91 bits per heavy atom. The molecule has 2 N–H and O–H groups in total. The van der Waals surface area contributed by atoms with Gasteiger partial charge in [-0.05, 0) is 56.8 Å². The molecule has 0 radical (unpaired) electrons. The molecule has 0 bridgehead atoms. The molecule has 7 heteroatoms. The van der Waals surface area contributed by atoms with Gasteiger partial charge in [0.25, 0.3) is 0 Å². The molecule has 0 aliphatic carbocycles. The summed E-state index contributed by atoms with van der Waals surface area (Å²) in [5, 5.41) is 7.74. The van der Waals surface area contributed by atoms with Gasteiger partial charge in [0, 0.05) is 61.1 Å². The molecule has 1 saturated heterocycles. The van der Waals surface area contributed by atoms with E-state index in [1.165, 1.54) is 11.3 Å². The van der Waals surface area contributed by atoms with Crippen molar-refractivity contribution in [1.82, 2.24) is 34.9 Å². The molecule has 1 aliphatic heterocycles. The number of hydrogen-bond donors (Lipinski definition) is 2. The lowest BCUT2D eigenvalue weighted by atomic mass is 10.1. The van der Waals surface area contributed by atoms with E-state index in [0.717, 1.165) is 71.1 Å². The van der Waals surface area contributed by atoms with Crippen molar-refractivity contribution in [2.45, 2.75) is 13.8 Å². The summed E-state index contributed by atoms with van der Waals surface area (Å²) in [5.41, 5.74) is 9.97. The van der Waals surface area contributed by atoms with Crippen LogP contribution in [0.15, 0.2) is 55.4 Å². The van der Waals surface area contributed by atoms with E-state index < -0.39 is 0 Å². The third kappa shape index (κ3) is 4.07. The number of rotatable bonds is 5. The lowest BCUT2D eigenvalue weighted by Gasteiger charge is -2.35. The number of hydrogen-bond acceptors (Lipinski definition) is 5. The minimum absolute atomic E-state index is 0.818. The molecule has 0 atom stereocenters. The maximum absolute atomic E-state index is 4.94. The summed E-state index contributed by atoms with van der Waals surface area (Å²) in [4.78, 5) is 17.6. The van der Waals surface area contributed by atoms with Crippen LogP contribution in [0.3, 0.4) is 0 Å². The van der Waals surface area contributed by atoms with Crippen molar-refractivity contribution in [3.05, 3.63) is 72.2 Å². The molecule has 4 aromatic heterocycles. The van der Waals surface area contributed by atoms with Crippen LogP contribution >= 0.6 is 0 Å². The van der Waals surface area contributed by atoms with Crippen LogP contribution in [0.1, 0.15) is 16.8 Å². The Balaban J connectivity index is 1.54. The maximum Gasteiger partial charge on any atom is 0.135 e. The van der Waals surface area contributed by atoms with E-state index >= 15 is 0 Å². The molecule has 33 heavy (non-hydrogen) atoms. The molecule has 168 valence electrons. The summed E-state index contributed by atoms with van der Waals surface area (Å²) in [6.07, 6.45) is 7.67. The first kappa shape index (κ1) is 21.2. The van der Waals surface area contributed by atoms with Crippen LogP contribution in [0.5, 0.6) is 0 Å². The average molecular weight is 440 g/mol. The molecular weight excluding hydrogens is 410 g/mol. The zero-order valence-corrected chi connectivity index (χ0v) is 19.4. The van der Waals surface area contributed by atoms with Gasteiger partial charge in [-0.2, -0.15) is 5.10 Å². The highest BCUT2D eigenvalue weighted by molar-refractivity contribution is 5.91. The second-order valence-electron chi connectivity index (χ2n) is 8.72. The predicted molar refractivity (Wildman–Crippen MR) is 134 cm³/mol. The zero-order chi connectivity index (χ0) is 22.9.